The summed E-state index contributed by atoms with van der Waals surface area (Å²) in [5.74, 6) is 0. The Morgan fingerprint density at radius 1 is 0.159 bits per heavy atom. The van der Waals surface area contributed by atoms with Gasteiger partial charge >= 0.3 is 0 Å². The highest BCUT2D eigenvalue weighted by Crippen LogP contribution is 2.45. The van der Waals surface area contributed by atoms with E-state index < -0.39 is 0 Å². The minimum absolute atomic E-state index is 1.11. The molecule has 0 atom stereocenters. The van der Waals surface area contributed by atoms with Crippen molar-refractivity contribution in [3.8, 4) is 67.3 Å². The van der Waals surface area contributed by atoms with Gasteiger partial charge in [-0.2, -0.15) is 0 Å². The Bertz CT molecular complexity index is 4980. The van der Waals surface area contributed by atoms with Gasteiger partial charge in [0.1, 0.15) is 0 Å². The molecule has 17 aromatic rings. The van der Waals surface area contributed by atoms with E-state index in [9.17, 15) is 0 Å². The molecule has 82 heavy (non-hydrogen) atoms. The fourth-order valence-electron chi connectivity index (χ4n) is 13.6. The summed E-state index contributed by atoms with van der Waals surface area (Å²) in [4.78, 5) is 0. The van der Waals surface area contributed by atoms with E-state index in [1.54, 1.807) is 0 Å². The van der Waals surface area contributed by atoms with Gasteiger partial charge in [-0.3, -0.25) is 0 Å². The standard InChI is InChI=1S/C78H50N4/c1-3-21-51(22-4-1)65-49-55(79-69-31-13-7-25-59(69)60-26-8-14-32-70(60)79)41-43-57(65)53-39-45-75-67(47-53)68-48-54(40-46-76(68)82(75)78-38-20-19-37-77(78)81-73-35-17-11-29-63(73)64-30-12-18-36-74(64)81)58-44-42-56(50-66(58)52-23-5-2-6-24-52)80-71-33-15-9-27-61(71)62-28-10-16-34-72(62)80/h1-50H. The van der Waals surface area contributed by atoms with Gasteiger partial charge in [0.2, 0.25) is 0 Å². The van der Waals surface area contributed by atoms with Crippen LogP contribution < -0.4 is 0 Å². The van der Waals surface area contributed by atoms with Crippen molar-refractivity contribution in [3.05, 3.63) is 303 Å². The monoisotopic (exact) mass is 1040 g/mol. The smallest absolute Gasteiger partial charge is 0.0702 e. The number of fused-ring (bicyclic) bond motifs is 12. The van der Waals surface area contributed by atoms with Gasteiger partial charge in [0.25, 0.3) is 0 Å². The highest BCUT2D eigenvalue weighted by atomic mass is 15.1. The Hall–Kier alpha value is -10.9. The zero-order valence-electron chi connectivity index (χ0n) is 44.7. The molecule has 0 radical (unpaired) electrons. The predicted molar refractivity (Wildman–Crippen MR) is 346 cm³/mol. The van der Waals surface area contributed by atoms with Crippen LogP contribution in [0.1, 0.15) is 0 Å². The maximum absolute atomic E-state index is 2.50. The number of hydrogen-bond donors (Lipinski definition) is 0. The van der Waals surface area contributed by atoms with E-state index in [2.05, 4.69) is 322 Å². The summed E-state index contributed by atoms with van der Waals surface area (Å²) in [5, 5.41) is 9.83. The SMILES string of the molecule is c1ccc(-c2cc(-n3c4ccccc4c4ccccc43)ccc2-c2ccc3c(c2)c2cc(-c4ccc(-n5c6ccccc6c6ccccc65)cc4-c4ccccc4)ccc2n3-c2ccccc2-n2c3ccccc3c3ccccc32)cc1. The molecule has 13 aromatic carbocycles. The molecule has 0 amide bonds. The summed E-state index contributed by atoms with van der Waals surface area (Å²) in [6.07, 6.45) is 0. The minimum atomic E-state index is 1.11. The normalized spacial score (nSPS) is 11.9. The number of benzene rings is 13. The number of hydrogen-bond acceptors (Lipinski definition) is 0. The van der Waals surface area contributed by atoms with E-state index in [0.29, 0.717) is 0 Å². The lowest BCUT2D eigenvalue weighted by molar-refractivity contribution is 1.10. The Morgan fingerprint density at radius 2 is 0.439 bits per heavy atom. The maximum atomic E-state index is 2.50. The predicted octanol–water partition coefficient (Wildman–Crippen LogP) is 20.7. The minimum Gasteiger partial charge on any atom is -0.309 e. The van der Waals surface area contributed by atoms with Crippen molar-refractivity contribution in [1.82, 2.24) is 18.3 Å². The Morgan fingerprint density at radius 3 is 0.780 bits per heavy atom. The lowest BCUT2D eigenvalue weighted by Gasteiger charge is -2.17. The molecule has 0 aliphatic rings. The fraction of sp³-hybridized carbons (Fsp3) is 0. The third kappa shape index (κ3) is 6.98. The van der Waals surface area contributed by atoms with Crippen molar-refractivity contribution in [3.63, 3.8) is 0 Å². The third-order valence-corrected chi connectivity index (χ3v) is 17.2. The average molecular weight is 1040 g/mol. The van der Waals surface area contributed by atoms with Crippen LogP contribution in [0.5, 0.6) is 0 Å². The van der Waals surface area contributed by atoms with E-state index in [1.807, 2.05) is 0 Å². The summed E-state index contributed by atoms with van der Waals surface area (Å²) in [7, 11) is 0. The molecule has 0 saturated heterocycles. The molecule has 0 spiro atoms. The molecule has 17 rings (SSSR count). The van der Waals surface area contributed by atoms with Gasteiger partial charge in [-0.05, 0) is 142 Å². The second kappa shape index (κ2) is 18.3. The van der Waals surface area contributed by atoms with E-state index in [1.165, 1.54) is 110 Å². The molecule has 382 valence electrons. The maximum Gasteiger partial charge on any atom is 0.0702 e. The Balaban J connectivity index is 0.914. The second-order valence-corrected chi connectivity index (χ2v) is 21.6. The molecule has 0 bridgehead atoms. The van der Waals surface area contributed by atoms with Crippen molar-refractivity contribution in [2.75, 3.05) is 0 Å². The largest absolute Gasteiger partial charge is 0.309 e. The highest BCUT2D eigenvalue weighted by Gasteiger charge is 2.23. The second-order valence-electron chi connectivity index (χ2n) is 21.6. The number of rotatable bonds is 8. The molecular formula is C78H50N4. The zero-order chi connectivity index (χ0) is 53.8. The first-order chi connectivity index (χ1) is 40.7. The molecule has 0 unspecified atom stereocenters. The third-order valence-electron chi connectivity index (χ3n) is 17.2. The van der Waals surface area contributed by atoms with Crippen LogP contribution in [0.2, 0.25) is 0 Å². The van der Waals surface area contributed by atoms with Crippen molar-refractivity contribution in [2.45, 2.75) is 0 Å². The van der Waals surface area contributed by atoms with Crippen LogP contribution >= 0.6 is 0 Å². The summed E-state index contributed by atoms with van der Waals surface area (Å²) >= 11 is 0. The molecule has 0 saturated carbocycles. The van der Waals surface area contributed by atoms with Crippen molar-refractivity contribution >= 4 is 87.2 Å². The zero-order valence-corrected chi connectivity index (χ0v) is 44.7. The van der Waals surface area contributed by atoms with Gasteiger partial charge in [-0.25, -0.2) is 0 Å². The van der Waals surface area contributed by atoms with Crippen LogP contribution in [0.3, 0.4) is 0 Å². The number of para-hydroxylation sites is 8. The van der Waals surface area contributed by atoms with Crippen LogP contribution in [-0.2, 0) is 0 Å². The van der Waals surface area contributed by atoms with Crippen LogP contribution in [0.4, 0.5) is 0 Å². The first kappa shape index (κ1) is 46.0. The van der Waals surface area contributed by atoms with E-state index in [-0.39, 0.29) is 0 Å². The fourth-order valence-corrected chi connectivity index (χ4v) is 13.6. The molecule has 4 nitrogen and oxygen atoms in total. The summed E-state index contributed by atoms with van der Waals surface area (Å²) in [6.45, 7) is 0. The van der Waals surface area contributed by atoms with Gasteiger partial charge in [0.15, 0.2) is 0 Å². The highest BCUT2D eigenvalue weighted by molar-refractivity contribution is 6.15. The summed E-state index contributed by atoms with van der Waals surface area (Å²) < 4.78 is 9.81. The number of nitrogens with zero attached hydrogens (tertiary/aromatic N) is 4. The van der Waals surface area contributed by atoms with Gasteiger partial charge in [-0.15, -0.1) is 0 Å². The molecule has 4 heterocycles. The quantitative estimate of drug-likeness (QED) is 0.145. The van der Waals surface area contributed by atoms with E-state index >= 15 is 0 Å². The van der Waals surface area contributed by atoms with Crippen LogP contribution in [0.15, 0.2) is 303 Å². The average Bonchev–Trinajstić information content (AvgIpc) is 4.43. The first-order valence-electron chi connectivity index (χ1n) is 28.2. The van der Waals surface area contributed by atoms with Crippen LogP contribution in [-0.4, -0.2) is 18.3 Å². The van der Waals surface area contributed by atoms with Crippen molar-refractivity contribution in [1.29, 1.82) is 0 Å². The molecule has 0 fully saturated rings. The summed E-state index contributed by atoms with van der Waals surface area (Å²) in [5.41, 5.74) is 23.2. The molecule has 0 aliphatic heterocycles. The molecular weight excluding hydrogens is 993 g/mol. The van der Waals surface area contributed by atoms with Gasteiger partial charge in [-0.1, -0.05) is 206 Å². The van der Waals surface area contributed by atoms with Gasteiger partial charge < -0.3 is 18.3 Å². The lowest BCUT2D eigenvalue weighted by Crippen LogP contribution is -2.03. The Kier molecular flexibility index (Phi) is 10.3. The first-order valence-corrected chi connectivity index (χ1v) is 28.2. The van der Waals surface area contributed by atoms with Crippen molar-refractivity contribution in [2.24, 2.45) is 0 Å². The Labute approximate surface area is 473 Å². The number of aromatic nitrogens is 4. The van der Waals surface area contributed by atoms with E-state index in [0.717, 1.165) is 44.9 Å². The van der Waals surface area contributed by atoms with E-state index in [4.69, 9.17) is 0 Å². The van der Waals surface area contributed by atoms with Crippen molar-refractivity contribution < 1.29 is 0 Å². The van der Waals surface area contributed by atoms with Crippen LogP contribution in [0.25, 0.3) is 154 Å². The topological polar surface area (TPSA) is 19.7 Å². The molecule has 4 heteroatoms. The van der Waals surface area contributed by atoms with Crippen LogP contribution in [0, 0.1) is 0 Å². The molecule has 0 aliphatic carbocycles. The van der Waals surface area contributed by atoms with Gasteiger partial charge in [0, 0.05) is 54.5 Å². The summed E-state index contributed by atoms with van der Waals surface area (Å²) in [6, 6.07) is 112. The molecule has 0 N–H and O–H groups in total. The molecule has 4 aromatic heterocycles. The van der Waals surface area contributed by atoms with Gasteiger partial charge in [0.05, 0.1) is 55.5 Å². The lowest BCUT2D eigenvalue weighted by atomic mass is 9.92.